The van der Waals surface area contributed by atoms with E-state index in [1.54, 1.807) is 14.0 Å². The predicted octanol–water partition coefficient (Wildman–Crippen LogP) is 2.77. The molecule has 0 saturated carbocycles. The van der Waals surface area contributed by atoms with Gasteiger partial charge in [-0.1, -0.05) is 36.8 Å². The number of rotatable bonds is 4. The molecular weight excluding hydrogens is 280 g/mol. The molecule has 1 atom stereocenters. The van der Waals surface area contributed by atoms with Crippen LogP contribution in [0.5, 0.6) is 0 Å². The molecule has 1 unspecified atom stereocenters. The van der Waals surface area contributed by atoms with Crippen molar-refractivity contribution in [1.29, 1.82) is 0 Å². The van der Waals surface area contributed by atoms with Crippen LogP contribution < -0.4 is 0 Å². The molecule has 0 aliphatic heterocycles. The number of sulfonamides is 1. The summed E-state index contributed by atoms with van der Waals surface area (Å²) in [6.07, 6.45) is 0. The second-order valence-corrected chi connectivity index (χ2v) is 8.12. The van der Waals surface area contributed by atoms with Gasteiger partial charge in [0.05, 0.1) is 5.69 Å². The van der Waals surface area contributed by atoms with Crippen molar-refractivity contribution in [2.24, 2.45) is 5.92 Å². The van der Waals surface area contributed by atoms with Gasteiger partial charge in [-0.3, -0.25) is 0 Å². The molecule has 1 aromatic heterocycles. The van der Waals surface area contributed by atoms with Crippen molar-refractivity contribution < 1.29 is 8.42 Å². The Balaban J connectivity index is 3.16. The van der Waals surface area contributed by atoms with Gasteiger partial charge in [0, 0.05) is 13.1 Å². The number of hydrogen-bond donors (Lipinski definition) is 0. The first-order chi connectivity index (χ1) is 7.67. The monoisotopic (exact) mass is 296 g/mol. The topological polar surface area (TPSA) is 50.3 Å². The summed E-state index contributed by atoms with van der Waals surface area (Å²) in [6, 6.07) is -0.0692. The summed E-state index contributed by atoms with van der Waals surface area (Å²) in [7, 11) is -1.90. The molecule has 0 amide bonds. The molecule has 0 radical (unpaired) electrons. The molecule has 0 aromatic carbocycles. The van der Waals surface area contributed by atoms with Gasteiger partial charge in [-0.15, -0.1) is 0 Å². The van der Waals surface area contributed by atoms with Gasteiger partial charge in [0.1, 0.15) is 0 Å². The van der Waals surface area contributed by atoms with Crippen LogP contribution in [0.1, 0.15) is 26.5 Å². The van der Waals surface area contributed by atoms with Crippen molar-refractivity contribution in [1.82, 2.24) is 9.29 Å². The molecule has 4 nitrogen and oxygen atoms in total. The first kappa shape index (κ1) is 14.9. The summed E-state index contributed by atoms with van der Waals surface area (Å²) < 4.78 is 26.6. The molecule has 0 bridgehead atoms. The molecule has 17 heavy (non-hydrogen) atoms. The molecule has 1 rings (SSSR count). The summed E-state index contributed by atoms with van der Waals surface area (Å²) >= 11 is 6.75. The van der Waals surface area contributed by atoms with Crippen LogP contribution in [0.2, 0.25) is 4.47 Å². The average Bonchev–Trinajstić information content (AvgIpc) is 2.56. The predicted molar refractivity (Wildman–Crippen MR) is 71.1 cm³/mol. The smallest absolute Gasteiger partial charge is 0.229 e. The van der Waals surface area contributed by atoms with E-state index in [0.717, 1.165) is 11.3 Å². The van der Waals surface area contributed by atoms with E-state index in [-0.39, 0.29) is 20.6 Å². The van der Waals surface area contributed by atoms with E-state index >= 15 is 0 Å². The molecule has 0 aliphatic carbocycles. The Bertz CT molecular complexity index is 496. The Hall–Kier alpha value is -0.170. The standard InChI is InChI=1S/C10H17ClN2O2S2/c1-6(2)8(4)13(5)17(14,15)9-7(3)12-10(11)16-9/h6,8H,1-5H3. The number of halogens is 1. The first-order valence-corrected chi connectivity index (χ1v) is 7.92. The van der Waals surface area contributed by atoms with Crippen molar-refractivity contribution in [3.05, 3.63) is 10.2 Å². The Labute approximate surface area is 112 Å². The zero-order valence-electron chi connectivity index (χ0n) is 10.6. The van der Waals surface area contributed by atoms with E-state index in [9.17, 15) is 8.42 Å². The second-order valence-electron chi connectivity index (χ2n) is 4.35. The summed E-state index contributed by atoms with van der Waals surface area (Å²) in [4.78, 5) is 3.94. The normalized spacial score (nSPS) is 14.6. The maximum absolute atomic E-state index is 12.3. The SMILES string of the molecule is Cc1nc(Cl)sc1S(=O)(=O)N(C)C(C)C(C)C. The number of hydrogen-bond acceptors (Lipinski definition) is 4. The van der Waals surface area contributed by atoms with Crippen molar-refractivity contribution in [2.45, 2.75) is 37.9 Å². The van der Waals surface area contributed by atoms with Crippen LogP contribution in [0.3, 0.4) is 0 Å². The molecule has 0 N–H and O–H groups in total. The van der Waals surface area contributed by atoms with Gasteiger partial charge in [-0.05, 0) is 19.8 Å². The molecule has 98 valence electrons. The lowest BCUT2D eigenvalue weighted by Gasteiger charge is -2.26. The molecule has 0 spiro atoms. The minimum absolute atomic E-state index is 0.0692. The second kappa shape index (κ2) is 5.22. The summed E-state index contributed by atoms with van der Waals surface area (Å²) in [5.41, 5.74) is 0.461. The van der Waals surface area contributed by atoms with Crippen molar-refractivity contribution in [2.75, 3.05) is 7.05 Å². The van der Waals surface area contributed by atoms with Gasteiger partial charge in [0.15, 0.2) is 8.68 Å². The summed E-state index contributed by atoms with van der Waals surface area (Å²) in [5.74, 6) is 0.249. The van der Waals surface area contributed by atoms with E-state index in [2.05, 4.69) is 4.98 Å². The van der Waals surface area contributed by atoms with E-state index < -0.39 is 10.0 Å². The maximum atomic E-state index is 12.3. The van der Waals surface area contributed by atoms with Gasteiger partial charge < -0.3 is 0 Å². The average molecular weight is 297 g/mol. The zero-order chi connectivity index (χ0) is 13.4. The van der Waals surface area contributed by atoms with E-state index in [4.69, 9.17) is 11.6 Å². The van der Waals surface area contributed by atoms with Crippen LogP contribution in [-0.2, 0) is 10.0 Å². The van der Waals surface area contributed by atoms with E-state index in [1.807, 2.05) is 20.8 Å². The van der Waals surface area contributed by atoms with Crippen LogP contribution in [0, 0.1) is 12.8 Å². The summed E-state index contributed by atoms with van der Waals surface area (Å²) in [6.45, 7) is 7.52. The van der Waals surface area contributed by atoms with Gasteiger partial charge in [0.2, 0.25) is 0 Å². The van der Waals surface area contributed by atoms with E-state index in [0.29, 0.717) is 5.69 Å². The summed E-state index contributed by atoms with van der Waals surface area (Å²) in [5, 5.41) is 0. The van der Waals surface area contributed by atoms with E-state index in [1.165, 1.54) is 4.31 Å². The number of thiazole rings is 1. The Morgan fingerprint density at radius 2 is 1.88 bits per heavy atom. The quantitative estimate of drug-likeness (QED) is 0.858. The molecular formula is C10H17ClN2O2S2. The third kappa shape index (κ3) is 2.99. The number of aromatic nitrogens is 1. The van der Waals surface area contributed by atoms with Crippen molar-refractivity contribution >= 4 is 33.0 Å². The lowest BCUT2D eigenvalue weighted by Crippen LogP contribution is -2.38. The lowest BCUT2D eigenvalue weighted by atomic mass is 10.1. The highest BCUT2D eigenvalue weighted by Gasteiger charge is 2.30. The van der Waals surface area contributed by atoms with Gasteiger partial charge in [0.25, 0.3) is 10.0 Å². The zero-order valence-corrected chi connectivity index (χ0v) is 12.9. The Morgan fingerprint density at radius 3 is 2.24 bits per heavy atom. The maximum Gasteiger partial charge on any atom is 0.254 e. The number of aryl methyl sites for hydroxylation is 1. The van der Waals surface area contributed by atoms with Gasteiger partial charge in [-0.2, -0.15) is 4.31 Å². The largest absolute Gasteiger partial charge is 0.254 e. The third-order valence-corrected chi connectivity index (χ3v) is 6.67. The molecule has 1 heterocycles. The lowest BCUT2D eigenvalue weighted by molar-refractivity contribution is 0.316. The first-order valence-electron chi connectivity index (χ1n) is 5.29. The van der Waals surface area contributed by atoms with Crippen molar-refractivity contribution in [3.63, 3.8) is 0 Å². The fourth-order valence-corrected chi connectivity index (χ4v) is 4.76. The highest BCUT2D eigenvalue weighted by atomic mass is 35.5. The minimum atomic E-state index is -3.49. The van der Waals surface area contributed by atoms with Crippen LogP contribution in [0.15, 0.2) is 4.21 Å². The fourth-order valence-electron chi connectivity index (χ4n) is 1.36. The van der Waals surface area contributed by atoms with Crippen molar-refractivity contribution in [3.8, 4) is 0 Å². The molecule has 0 saturated heterocycles. The van der Waals surface area contributed by atoms with Gasteiger partial charge >= 0.3 is 0 Å². The van der Waals surface area contributed by atoms with Crippen LogP contribution in [0.25, 0.3) is 0 Å². The van der Waals surface area contributed by atoms with Crippen LogP contribution >= 0.6 is 22.9 Å². The molecule has 0 aliphatic rings. The molecule has 1 aromatic rings. The number of nitrogens with zero attached hydrogens (tertiary/aromatic N) is 2. The van der Waals surface area contributed by atoms with Crippen LogP contribution in [-0.4, -0.2) is 30.8 Å². The highest BCUT2D eigenvalue weighted by Crippen LogP contribution is 2.30. The Kier molecular flexibility index (Phi) is 4.57. The highest BCUT2D eigenvalue weighted by molar-refractivity contribution is 7.91. The minimum Gasteiger partial charge on any atom is -0.229 e. The molecule has 7 heteroatoms. The Morgan fingerprint density at radius 1 is 1.35 bits per heavy atom. The van der Waals surface area contributed by atoms with Crippen LogP contribution in [0.4, 0.5) is 0 Å². The fraction of sp³-hybridized carbons (Fsp3) is 0.700. The molecule has 0 fully saturated rings. The third-order valence-electron chi connectivity index (χ3n) is 2.88. The van der Waals surface area contributed by atoms with Gasteiger partial charge in [-0.25, -0.2) is 13.4 Å².